The Labute approximate surface area is 144 Å². The van der Waals surface area contributed by atoms with E-state index in [1.54, 1.807) is 6.20 Å². The molecule has 23 heavy (non-hydrogen) atoms. The van der Waals surface area contributed by atoms with E-state index in [-0.39, 0.29) is 11.9 Å². The Morgan fingerprint density at radius 2 is 2.13 bits per heavy atom. The lowest BCUT2D eigenvalue weighted by atomic mass is 10.1. The Morgan fingerprint density at radius 3 is 2.74 bits per heavy atom. The average molecular weight is 377 g/mol. The summed E-state index contributed by atoms with van der Waals surface area (Å²) >= 11 is 3.43. The summed E-state index contributed by atoms with van der Waals surface area (Å²) in [5, 5.41) is 7.34. The molecule has 0 spiro atoms. The number of hydrogen-bond donors (Lipinski definition) is 2. The van der Waals surface area contributed by atoms with Crippen LogP contribution in [-0.4, -0.2) is 28.3 Å². The fourth-order valence-electron chi connectivity index (χ4n) is 2.71. The van der Waals surface area contributed by atoms with E-state index >= 15 is 0 Å². The van der Waals surface area contributed by atoms with E-state index in [4.69, 9.17) is 5.73 Å². The molecular weight excluding hydrogens is 356 g/mol. The van der Waals surface area contributed by atoms with Crippen LogP contribution in [0.5, 0.6) is 0 Å². The second-order valence-electron chi connectivity index (χ2n) is 5.96. The number of amides is 1. The van der Waals surface area contributed by atoms with Gasteiger partial charge in [0.25, 0.3) is 5.91 Å². The Bertz CT molecular complexity index is 691. The van der Waals surface area contributed by atoms with Crippen LogP contribution in [0.3, 0.4) is 0 Å². The van der Waals surface area contributed by atoms with Gasteiger partial charge in [-0.3, -0.25) is 4.79 Å². The molecule has 1 aromatic carbocycles. The maximum Gasteiger partial charge on any atom is 0.254 e. The SMILES string of the molecule is CCc1c(C(=O)NCC(N)C2CC2)cnn1-c1ccc(Br)cc1. The minimum Gasteiger partial charge on any atom is -0.350 e. The van der Waals surface area contributed by atoms with E-state index in [2.05, 4.69) is 26.3 Å². The predicted octanol–water partition coefficient (Wildman–Crippen LogP) is 2.66. The summed E-state index contributed by atoms with van der Waals surface area (Å²) in [6.45, 7) is 2.55. The monoisotopic (exact) mass is 376 g/mol. The van der Waals surface area contributed by atoms with Gasteiger partial charge in [0.1, 0.15) is 0 Å². The van der Waals surface area contributed by atoms with Crippen LogP contribution in [0.2, 0.25) is 0 Å². The second-order valence-corrected chi connectivity index (χ2v) is 6.87. The first-order valence-corrected chi connectivity index (χ1v) is 8.76. The van der Waals surface area contributed by atoms with E-state index in [1.165, 1.54) is 12.8 Å². The Kier molecular flexibility index (Phi) is 4.82. The van der Waals surface area contributed by atoms with Crippen molar-refractivity contribution in [2.75, 3.05) is 6.54 Å². The number of nitrogens with two attached hydrogens (primary N) is 1. The molecule has 5 nitrogen and oxygen atoms in total. The first-order valence-electron chi connectivity index (χ1n) is 7.96. The van der Waals surface area contributed by atoms with Crippen molar-refractivity contribution in [2.45, 2.75) is 32.2 Å². The van der Waals surface area contributed by atoms with E-state index in [0.717, 1.165) is 22.3 Å². The lowest BCUT2D eigenvalue weighted by Gasteiger charge is -2.12. The first kappa shape index (κ1) is 16.2. The molecule has 0 bridgehead atoms. The van der Waals surface area contributed by atoms with Crippen LogP contribution in [0.25, 0.3) is 5.69 Å². The van der Waals surface area contributed by atoms with Gasteiger partial charge in [0, 0.05) is 17.1 Å². The minimum absolute atomic E-state index is 0.0607. The summed E-state index contributed by atoms with van der Waals surface area (Å²) in [7, 11) is 0. The molecule has 1 atom stereocenters. The molecular formula is C17H21BrN4O. The van der Waals surface area contributed by atoms with Crippen molar-refractivity contribution in [3.63, 3.8) is 0 Å². The van der Waals surface area contributed by atoms with Crippen LogP contribution in [0, 0.1) is 5.92 Å². The van der Waals surface area contributed by atoms with Gasteiger partial charge >= 0.3 is 0 Å². The molecule has 1 amide bonds. The molecule has 122 valence electrons. The van der Waals surface area contributed by atoms with Crippen LogP contribution < -0.4 is 11.1 Å². The van der Waals surface area contributed by atoms with Gasteiger partial charge in [-0.1, -0.05) is 22.9 Å². The highest BCUT2D eigenvalue weighted by molar-refractivity contribution is 9.10. The van der Waals surface area contributed by atoms with E-state index in [9.17, 15) is 4.79 Å². The van der Waals surface area contributed by atoms with Crippen molar-refractivity contribution in [3.05, 3.63) is 46.2 Å². The van der Waals surface area contributed by atoms with Gasteiger partial charge in [0.15, 0.2) is 0 Å². The van der Waals surface area contributed by atoms with Gasteiger partial charge in [-0.15, -0.1) is 0 Å². The molecule has 0 aliphatic heterocycles. The molecule has 0 saturated heterocycles. The lowest BCUT2D eigenvalue weighted by Crippen LogP contribution is -2.38. The number of benzene rings is 1. The quantitative estimate of drug-likeness (QED) is 0.813. The summed E-state index contributed by atoms with van der Waals surface area (Å²) < 4.78 is 2.83. The highest BCUT2D eigenvalue weighted by atomic mass is 79.9. The maximum atomic E-state index is 12.4. The molecule has 1 fully saturated rings. The van der Waals surface area contributed by atoms with Gasteiger partial charge in [-0.05, 0) is 49.4 Å². The van der Waals surface area contributed by atoms with E-state index in [1.807, 2.05) is 35.9 Å². The number of aromatic nitrogens is 2. The second kappa shape index (κ2) is 6.84. The largest absolute Gasteiger partial charge is 0.350 e. The van der Waals surface area contributed by atoms with Crippen LogP contribution >= 0.6 is 15.9 Å². The standard InChI is InChI=1S/C17H21BrN4O/c1-2-16-14(17(23)20-10-15(19)11-3-4-11)9-21-22(16)13-7-5-12(18)6-8-13/h5-9,11,15H,2-4,10,19H2,1H3,(H,20,23). The molecule has 6 heteroatoms. The fraction of sp³-hybridized carbons (Fsp3) is 0.412. The molecule has 0 radical (unpaired) electrons. The lowest BCUT2D eigenvalue weighted by molar-refractivity contribution is 0.0949. The summed E-state index contributed by atoms with van der Waals surface area (Å²) in [5.74, 6) is 0.479. The van der Waals surface area contributed by atoms with Crippen molar-refractivity contribution in [1.29, 1.82) is 0 Å². The Balaban J connectivity index is 1.77. The Hall–Kier alpha value is -1.66. The zero-order valence-electron chi connectivity index (χ0n) is 13.1. The third-order valence-electron chi connectivity index (χ3n) is 4.25. The van der Waals surface area contributed by atoms with Gasteiger partial charge in [-0.25, -0.2) is 4.68 Å². The molecule has 1 unspecified atom stereocenters. The van der Waals surface area contributed by atoms with Crippen LogP contribution in [0.15, 0.2) is 34.9 Å². The van der Waals surface area contributed by atoms with Gasteiger partial charge in [-0.2, -0.15) is 5.10 Å². The topological polar surface area (TPSA) is 72.9 Å². The van der Waals surface area contributed by atoms with Crippen molar-refractivity contribution in [1.82, 2.24) is 15.1 Å². The number of nitrogens with zero attached hydrogens (tertiary/aromatic N) is 2. The number of carbonyl (C=O) groups is 1. The van der Waals surface area contributed by atoms with Gasteiger partial charge in [0.2, 0.25) is 0 Å². The summed E-state index contributed by atoms with van der Waals surface area (Å²) in [6.07, 6.45) is 4.73. The number of hydrogen-bond acceptors (Lipinski definition) is 3. The number of halogens is 1. The molecule has 1 saturated carbocycles. The number of carbonyl (C=O) groups excluding carboxylic acids is 1. The third-order valence-corrected chi connectivity index (χ3v) is 4.77. The fourth-order valence-corrected chi connectivity index (χ4v) is 2.97. The molecule has 1 heterocycles. The summed E-state index contributed by atoms with van der Waals surface area (Å²) in [5.41, 5.74) is 8.52. The van der Waals surface area contributed by atoms with Gasteiger partial charge < -0.3 is 11.1 Å². The average Bonchev–Trinajstić information content (AvgIpc) is 3.32. The highest BCUT2D eigenvalue weighted by Crippen LogP contribution is 2.31. The smallest absolute Gasteiger partial charge is 0.254 e. The van der Waals surface area contributed by atoms with Crippen molar-refractivity contribution in [2.24, 2.45) is 11.7 Å². The first-order chi connectivity index (χ1) is 11.1. The van der Waals surface area contributed by atoms with E-state index in [0.29, 0.717) is 18.0 Å². The van der Waals surface area contributed by atoms with Crippen LogP contribution in [0.4, 0.5) is 0 Å². The van der Waals surface area contributed by atoms with Crippen LogP contribution in [0.1, 0.15) is 35.8 Å². The maximum absolute atomic E-state index is 12.4. The number of rotatable bonds is 6. The van der Waals surface area contributed by atoms with Crippen LogP contribution in [-0.2, 0) is 6.42 Å². The van der Waals surface area contributed by atoms with E-state index < -0.39 is 0 Å². The molecule has 1 aliphatic carbocycles. The molecule has 2 aromatic rings. The molecule has 1 aromatic heterocycles. The highest BCUT2D eigenvalue weighted by Gasteiger charge is 2.28. The predicted molar refractivity (Wildman–Crippen MR) is 93.7 cm³/mol. The van der Waals surface area contributed by atoms with Crippen molar-refractivity contribution < 1.29 is 4.79 Å². The molecule has 3 N–H and O–H groups in total. The summed E-state index contributed by atoms with van der Waals surface area (Å²) in [6, 6.07) is 7.93. The van der Waals surface area contributed by atoms with Crippen molar-refractivity contribution >= 4 is 21.8 Å². The zero-order chi connectivity index (χ0) is 16.4. The van der Waals surface area contributed by atoms with Gasteiger partial charge in [0.05, 0.1) is 23.1 Å². The normalized spacial score (nSPS) is 15.4. The minimum atomic E-state index is -0.0960. The Morgan fingerprint density at radius 1 is 1.43 bits per heavy atom. The zero-order valence-corrected chi connectivity index (χ0v) is 14.7. The number of nitrogens with one attached hydrogen (secondary N) is 1. The third kappa shape index (κ3) is 3.64. The summed E-state index contributed by atoms with van der Waals surface area (Å²) in [4.78, 5) is 12.4. The molecule has 1 aliphatic rings. The van der Waals surface area contributed by atoms with Crippen molar-refractivity contribution in [3.8, 4) is 5.69 Å². The molecule has 3 rings (SSSR count).